The van der Waals surface area contributed by atoms with Crippen molar-refractivity contribution in [2.24, 2.45) is 5.73 Å². The molecule has 0 aromatic heterocycles. The highest BCUT2D eigenvalue weighted by molar-refractivity contribution is 7.92. The Labute approximate surface area is 199 Å². The smallest absolute Gasteiger partial charge is 0.264 e. The average Bonchev–Trinajstić information content (AvgIpc) is 2.79. The zero-order chi connectivity index (χ0) is 23.8. The van der Waals surface area contributed by atoms with Gasteiger partial charge in [-0.05, 0) is 60.6 Å². The molecule has 3 rings (SSSR count). The Kier molecular flexibility index (Phi) is 8.63. The minimum atomic E-state index is -3.82. The van der Waals surface area contributed by atoms with Gasteiger partial charge < -0.3 is 5.73 Å². The number of para-hydroxylation sites is 1. The topological polar surface area (TPSA) is 66.6 Å². The fourth-order valence-electron chi connectivity index (χ4n) is 3.41. The van der Waals surface area contributed by atoms with Crippen molar-refractivity contribution in [1.82, 2.24) is 4.90 Å². The molecule has 3 aromatic rings. The van der Waals surface area contributed by atoms with Crippen LogP contribution in [0.3, 0.4) is 0 Å². The summed E-state index contributed by atoms with van der Waals surface area (Å²) in [5, 5.41) is 0.468. The minimum absolute atomic E-state index is 0.149. The number of nitrogens with zero attached hydrogens (tertiary/aromatic N) is 2. The highest BCUT2D eigenvalue weighted by Gasteiger charge is 2.26. The van der Waals surface area contributed by atoms with Gasteiger partial charge in [-0.2, -0.15) is 0 Å². The van der Waals surface area contributed by atoms with Gasteiger partial charge in [0, 0.05) is 31.2 Å². The molecule has 174 valence electrons. The van der Waals surface area contributed by atoms with Gasteiger partial charge in [-0.1, -0.05) is 54.1 Å². The molecule has 3 aromatic carbocycles. The van der Waals surface area contributed by atoms with Crippen LogP contribution in [0.1, 0.15) is 11.1 Å². The second-order valence-electron chi connectivity index (χ2n) is 7.60. The summed E-state index contributed by atoms with van der Waals surface area (Å²) in [6.45, 7) is 1.49. The van der Waals surface area contributed by atoms with Gasteiger partial charge in [-0.25, -0.2) is 12.8 Å². The van der Waals surface area contributed by atoms with Crippen molar-refractivity contribution in [2.75, 3.05) is 31.0 Å². The predicted octanol–water partition coefficient (Wildman–Crippen LogP) is 4.78. The minimum Gasteiger partial charge on any atom is -0.329 e. The molecular formula is C25H27ClFN3O2S. The third-order valence-corrected chi connectivity index (χ3v) is 7.11. The molecule has 2 N–H and O–H groups in total. The van der Waals surface area contributed by atoms with Gasteiger partial charge in [0.1, 0.15) is 5.82 Å². The Morgan fingerprint density at radius 3 is 2.33 bits per heavy atom. The molecule has 0 heterocycles. The van der Waals surface area contributed by atoms with Gasteiger partial charge in [-0.3, -0.25) is 9.21 Å². The molecule has 5 nitrogen and oxygen atoms in total. The van der Waals surface area contributed by atoms with E-state index in [1.165, 1.54) is 28.6 Å². The summed E-state index contributed by atoms with van der Waals surface area (Å²) in [6.07, 6.45) is 3.91. The molecular weight excluding hydrogens is 461 g/mol. The number of nitrogens with two attached hydrogens (primary N) is 1. The number of likely N-dealkylation sites (N-methyl/N-ethyl adjacent to an activating group) is 1. The first-order valence-corrected chi connectivity index (χ1v) is 12.3. The second-order valence-corrected chi connectivity index (χ2v) is 9.90. The van der Waals surface area contributed by atoms with Crippen molar-refractivity contribution >= 4 is 33.4 Å². The number of hydrogen-bond donors (Lipinski definition) is 1. The highest BCUT2D eigenvalue weighted by Crippen LogP contribution is 2.28. The zero-order valence-corrected chi connectivity index (χ0v) is 19.9. The maximum Gasteiger partial charge on any atom is 0.264 e. The first kappa shape index (κ1) is 24.9. The number of benzene rings is 3. The largest absolute Gasteiger partial charge is 0.329 e. The van der Waals surface area contributed by atoms with Crippen molar-refractivity contribution in [2.45, 2.75) is 11.4 Å². The van der Waals surface area contributed by atoms with Gasteiger partial charge in [0.15, 0.2) is 0 Å². The maximum atomic E-state index is 13.4. The lowest BCUT2D eigenvalue weighted by Gasteiger charge is -2.27. The molecule has 33 heavy (non-hydrogen) atoms. The number of sulfonamides is 1. The summed E-state index contributed by atoms with van der Waals surface area (Å²) in [6, 6.07) is 19.8. The summed E-state index contributed by atoms with van der Waals surface area (Å²) in [7, 11) is -1.87. The van der Waals surface area contributed by atoms with E-state index in [2.05, 4.69) is 4.90 Å². The number of rotatable bonds is 10. The van der Waals surface area contributed by atoms with Crippen LogP contribution in [0.5, 0.6) is 0 Å². The summed E-state index contributed by atoms with van der Waals surface area (Å²) < 4.78 is 41.2. The van der Waals surface area contributed by atoms with Crippen molar-refractivity contribution < 1.29 is 12.8 Å². The second kappa shape index (κ2) is 11.4. The summed E-state index contributed by atoms with van der Waals surface area (Å²) in [4.78, 5) is 2.22. The van der Waals surface area contributed by atoms with Gasteiger partial charge in [0.2, 0.25) is 0 Å². The Hall–Kier alpha value is -2.71. The van der Waals surface area contributed by atoms with Crippen molar-refractivity contribution in [3.8, 4) is 0 Å². The van der Waals surface area contributed by atoms with Gasteiger partial charge >= 0.3 is 0 Å². The normalized spacial score (nSPS) is 11.9. The fourth-order valence-corrected chi connectivity index (χ4v) is 5.05. The zero-order valence-electron chi connectivity index (χ0n) is 18.4. The van der Waals surface area contributed by atoms with Crippen molar-refractivity contribution in [3.05, 3.63) is 101 Å². The van der Waals surface area contributed by atoms with E-state index in [9.17, 15) is 12.8 Å². The van der Waals surface area contributed by atoms with Crippen LogP contribution in [0, 0.1) is 5.82 Å². The van der Waals surface area contributed by atoms with Gasteiger partial charge in [0.05, 0.1) is 10.6 Å². The lowest BCUT2D eigenvalue weighted by Crippen LogP contribution is -2.36. The molecule has 0 atom stereocenters. The molecule has 0 spiro atoms. The Morgan fingerprint density at radius 1 is 1.00 bits per heavy atom. The first-order chi connectivity index (χ1) is 15.8. The maximum absolute atomic E-state index is 13.4. The van der Waals surface area contributed by atoms with E-state index in [-0.39, 0.29) is 23.8 Å². The van der Waals surface area contributed by atoms with Gasteiger partial charge in [0.25, 0.3) is 10.0 Å². The summed E-state index contributed by atoms with van der Waals surface area (Å²) in [5.74, 6) is -0.267. The number of anilines is 1. The fraction of sp³-hybridized carbons (Fsp3) is 0.200. The molecule has 0 radical (unpaired) electrons. The van der Waals surface area contributed by atoms with Crippen molar-refractivity contribution in [1.29, 1.82) is 0 Å². The lowest BCUT2D eigenvalue weighted by atomic mass is 10.1. The quantitative estimate of drug-likeness (QED) is 0.447. The lowest BCUT2D eigenvalue weighted by molar-refractivity contribution is 0.364. The number of hydrogen-bond acceptors (Lipinski definition) is 4. The third kappa shape index (κ3) is 6.65. The van der Waals surface area contributed by atoms with E-state index in [1.807, 2.05) is 37.4 Å². The van der Waals surface area contributed by atoms with Crippen LogP contribution < -0.4 is 10.0 Å². The van der Waals surface area contributed by atoms with Crippen LogP contribution in [0.2, 0.25) is 5.02 Å². The van der Waals surface area contributed by atoms with E-state index in [1.54, 1.807) is 30.3 Å². The van der Waals surface area contributed by atoms with Gasteiger partial charge in [-0.15, -0.1) is 0 Å². The molecule has 0 aliphatic rings. The van der Waals surface area contributed by atoms with E-state index in [0.29, 0.717) is 23.8 Å². The summed E-state index contributed by atoms with van der Waals surface area (Å²) >= 11 is 5.93. The molecule has 0 fully saturated rings. The van der Waals surface area contributed by atoms with Crippen LogP contribution in [-0.2, 0) is 16.6 Å². The van der Waals surface area contributed by atoms with Crippen LogP contribution in [-0.4, -0.2) is 40.0 Å². The molecule has 0 unspecified atom stereocenters. The molecule has 0 saturated heterocycles. The van der Waals surface area contributed by atoms with Crippen LogP contribution in [0.25, 0.3) is 6.08 Å². The molecule has 8 heteroatoms. The standard InChI is InChI=1S/C25H27ClFN3O2S/c1-29(17-4-5-20-8-12-23(27)13-9-20)19-21-6-2-3-7-25(21)30(18-16-28)33(31,32)24-14-10-22(26)11-15-24/h2-15H,16-19,28H2,1H3/b5-4+. The summed E-state index contributed by atoms with van der Waals surface area (Å²) in [5.41, 5.74) is 8.14. The Morgan fingerprint density at radius 2 is 1.67 bits per heavy atom. The van der Waals surface area contributed by atoms with Crippen molar-refractivity contribution in [3.63, 3.8) is 0 Å². The third-order valence-electron chi connectivity index (χ3n) is 5.03. The SMILES string of the molecule is CN(C/C=C/c1ccc(F)cc1)Cc1ccccc1N(CCN)S(=O)(=O)c1ccc(Cl)cc1. The van der Waals surface area contributed by atoms with Crippen LogP contribution in [0.15, 0.2) is 83.8 Å². The Balaban J connectivity index is 1.80. The Bertz CT molecular complexity index is 1180. The molecule has 0 bridgehead atoms. The van der Waals surface area contributed by atoms with E-state index in [4.69, 9.17) is 17.3 Å². The average molecular weight is 488 g/mol. The molecule has 0 aliphatic heterocycles. The van der Waals surface area contributed by atoms with Crippen LogP contribution in [0.4, 0.5) is 10.1 Å². The van der Waals surface area contributed by atoms with Crippen LogP contribution >= 0.6 is 11.6 Å². The monoisotopic (exact) mass is 487 g/mol. The first-order valence-electron chi connectivity index (χ1n) is 10.5. The number of halogens is 2. The predicted molar refractivity (Wildman–Crippen MR) is 133 cm³/mol. The van der Waals surface area contributed by atoms with E-state index in [0.717, 1.165) is 11.1 Å². The molecule has 0 amide bonds. The van der Waals surface area contributed by atoms with E-state index < -0.39 is 10.0 Å². The van der Waals surface area contributed by atoms with E-state index >= 15 is 0 Å². The molecule has 0 aliphatic carbocycles. The highest BCUT2D eigenvalue weighted by atomic mass is 35.5. The molecule has 0 saturated carbocycles.